The van der Waals surface area contributed by atoms with Gasteiger partial charge in [-0.1, -0.05) is 166 Å². The topological polar surface area (TPSA) is 3.24 Å². The fourth-order valence-corrected chi connectivity index (χ4v) is 10.4. The second-order valence-corrected chi connectivity index (χ2v) is 16.3. The standard InChI is InChI=1S/C53H37NS/c1-53(2)47-18-8-7-15-46(47)50-48(53)19-10-20-49(50)54(40-28-23-35(24-29-40)39-22-21-34-11-3-4-13-38(34)33-39)41-30-25-37(26-31-41)43-16-9-17-44-45-32-27-36-12-5-6-14-42(36)52(45)55-51(43)44/h3-33H,1-2H3. The Kier molecular flexibility index (Phi) is 7.14. The molecule has 0 amide bonds. The molecule has 1 aliphatic rings. The van der Waals surface area contributed by atoms with Crippen molar-refractivity contribution in [3.63, 3.8) is 0 Å². The predicted octanol–water partition coefficient (Wildman–Crippen LogP) is 15.5. The first-order chi connectivity index (χ1) is 27.0. The molecule has 10 aromatic rings. The minimum absolute atomic E-state index is 0.0916. The molecule has 0 spiro atoms. The van der Waals surface area contributed by atoms with E-state index in [9.17, 15) is 0 Å². The third kappa shape index (κ3) is 4.99. The molecule has 0 bridgehead atoms. The number of rotatable bonds is 5. The third-order valence-electron chi connectivity index (χ3n) is 11.9. The van der Waals surface area contributed by atoms with Gasteiger partial charge in [0.15, 0.2) is 0 Å². The van der Waals surface area contributed by atoms with Crippen molar-refractivity contribution >= 4 is 70.1 Å². The Balaban J connectivity index is 1.06. The van der Waals surface area contributed by atoms with E-state index in [1.165, 1.54) is 91.9 Å². The quantitative estimate of drug-likeness (QED) is 0.171. The summed E-state index contributed by atoms with van der Waals surface area (Å²) >= 11 is 1.91. The highest BCUT2D eigenvalue weighted by molar-refractivity contribution is 7.27. The molecular formula is C53H37NS. The third-order valence-corrected chi connectivity index (χ3v) is 13.1. The van der Waals surface area contributed by atoms with Crippen LogP contribution in [0.1, 0.15) is 25.0 Å². The fraction of sp³-hybridized carbons (Fsp3) is 0.0566. The molecule has 55 heavy (non-hydrogen) atoms. The summed E-state index contributed by atoms with van der Waals surface area (Å²) in [5.74, 6) is 0. The lowest BCUT2D eigenvalue weighted by molar-refractivity contribution is 0.660. The van der Waals surface area contributed by atoms with Crippen LogP contribution in [0.5, 0.6) is 0 Å². The number of thiophene rings is 1. The van der Waals surface area contributed by atoms with Crippen molar-refractivity contribution in [2.45, 2.75) is 19.3 Å². The molecule has 0 aliphatic heterocycles. The molecule has 1 aromatic heterocycles. The van der Waals surface area contributed by atoms with E-state index < -0.39 is 0 Å². The monoisotopic (exact) mass is 719 g/mol. The van der Waals surface area contributed by atoms with Crippen LogP contribution in [0.15, 0.2) is 188 Å². The molecule has 11 rings (SSSR count). The highest BCUT2D eigenvalue weighted by Crippen LogP contribution is 2.54. The lowest BCUT2D eigenvalue weighted by Crippen LogP contribution is -2.16. The lowest BCUT2D eigenvalue weighted by Gasteiger charge is -2.29. The van der Waals surface area contributed by atoms with Crippen LogP contribution in [-0.2, 0) is 5.41 Å². The van der Waals surface area contributed by atoms with Gasteiger partial charge < -0.3 is 4.90 Å². The molecule has 0 N–H and O–H groups in total. The van der Waals surface area contributed by atoms with Crippen molar-refractivity contribution < 1.29 is 0 Å². The molecule has 0 saturated heterocycles. The number of nitrogens with zero attached hydrogens (tertiary/aromatic N) is 1. The van der Waals surface area contributed by atoms with E-state index in [0.717, 1.165) is 11.4 Å². The minimum atomic E-state index is -0.0916. The zero-order valence-corrected chi connectivity index (χ0v) is 31.6. The fourth-order valence-electron chi connectivity index (χ4n) is 9.06. The Labute approximate surface area is 325 Å². The maximum absolute atomic E-state index is 2.46. The summed E-state index contributed by atoms with van der Waals surface area (Å²) in [4.78, 5) is 2.46. The summed E-state index contributed by atoms with van der Waals surface area (Å²) in [6, 6.07) is 69.5. The van der Waals surface area contributed by atoms with Gasteiger partial charge in [0.2, 0.25) is 0 Å². The minimum Gasteiger partial charge on any atom is -0.310 e. The highest BCUT2D eigenvalue weighted by atomic mass is 32.1. The maximum Gasteiger partial charge on any atom is 0.0543 e. The Morgan fingerprint density at radius 1 is 0.400 bits per heavy atom. The number of hydrogen-bond acceptors (Lipinski definition) is 2. The lowest BCUT2D eigenvalue weighted by atomic mass is 9.82. The summed E-state index contributed by atoms with van der Waals surface area (Å²) in [7, 11) is 0. The van der Waals surface area contributed by atoms with Crippen molar-refractivity contribution in [3.8, 4) is 33.4 Å². The average Bonchev–Trinajstić information content (AvgIpc) is 3.74. The van der Waals surface area contributed by atoms with Crippen molar-refractivity contribution in [2.24, 2.45) is 0 Å². The van der Waals surface area contributed by atoms with Crippen LogP contribution in [-0.4, -0.2) is 0 Å². The summed E-state index contributed by atoms with van der Waals surface area (Å²) in [5.41, 5.74) is 13.7. The van der Waals surface area contributed by atoms with E-state index in [-0.39, 0.29) is 5.41 Å². The van der Waals surface area contributed by atoms with Gasteiger partial charge in [-0.3, -0.25) is 0 Å². The van der Waals surface area contributed by atoms with Gasteiger partial charge in [-0.05, 0) is 96.9 Å². The molecule has 9 aromatic carbocycles. The molecule has 0 atom stereocenters. The Bertz CT molecular complexity index is 3110. The number of anilines is 3. The normalized spacial score (nSPS) is 13.1. The van der Waals surface area contributed by atoms with E-state index in [0.29, 0.717) is 0 Å². The molecule has 1 aliphatic carbocycles. The first-order valence-corrected chi connectivity index (χ1v) is 19.9. The van der Waals surface area contributed by atoms with Crippen molar-refractivity contribution in [1.29, 1.82) is 0 Å². The molecule has 0 radical (unpaired) electrons. The highest BCUT2D eigenvalue weighted by Gasteiger charge is 2.37. The van der Waals surface area contributed by atoms with Crippen molar-refractivity contribution in [2.75, 3.05) is 4.90 Å². The Morgan fingerprint density at radius 3 is 1.80 bits per heavy atom. The van der Waals surface area contributed by atoms with Gasteiger partial charge in [-0.2, -0.15) is 0 Å². The van der Waals surface area contributed by atoms with Crippen LogP contribution in [0, 0.1) is 0 Å². The van der Waals surface area contributed by atoms with Crippen LogP contribution < -0.4 is 4.90 Å². The SMILES string of the molecule is CC1(C)c2ccccc2-c2c(N(c3ccc(-c4ccc5ccccc5c4)cc3)c3ccc(-c4cccc5c4sc4c6ccccc6ccc54)cc3)cccc21. The smallest absolute Gasteiger partial charge is 0.0543 e. The second-order valence-electron chi connectivity index (χ2n) is 15.3. The summed E-state index contributed by atoms with van der Waals surface area (Å²) in [6.45, 7) is 4.71. The van der Waals surface area contributed by atoms with Crippen LogP contribution in [0.4, 0.5) is 17.1 Å². The predicted molar refractivity (Wildman–Crippen MR) is 237 cm³/mol. The Hall–Kier alpha value is -6.48. The van der Waals surface area contributed by atoms with Gasteiger partial charge in [0.25, 0.3) is 0 Å². The molecular weight excluding hydrogens is 683 g/mol. The van der Waals surface area contributed by atoms with Crippen molar-refractivity contribution in [1.82, 2.24) is 0 Å². The zero-order chi connectivity index (χ0) is 36.7. The van der Waals surface area contributed by atoms with Gasteiger partial charge in [0, 0.05) is 42.5 Å². The van der Waals surface area contributed by atoms with Gasteiger partial charge >= 0.3 is 0 Å². The van der Waals surface area contributed by atoms with Gasteiger partial charge in [0.05, 0.1) is 5.69 Å². The molecule has 0 fully saturated rings. The maximum atomic E-state index is 2.46. The van der Waals surface area contributed by atoms with Gasteiger partial charge in [0.1, 0.15) is 0 Å². The molecule has 1 nitrogen and oxygen atoms in total. The van der Waals surface area contributed by atoms with Crippen molar-refractivity contribution in [3.05, 3.63) is 199 Å². The number of fused-ring (bicyclic) bond motifs is 9. The van der Waals surface area contributed by atoms with Crippen LogP contribution in [0.3, 0.4) is 0 Å². The van der Waals surface area contributed by atoms with E-state index in [4.69, 9.17) is 0 Å². The summed E-state index contributed by atoms with van der Waals surface area (Å²) in [5, 5.41) is 7.78. The van der Waals surface area contributed by atoms with E-state index >= 15 is 0 Å². The van der Waals surface area contributed by atoms with Gasteiger partial charge in [-0.15, -0.1) is 11.3 Å². The van der Waals surface area contributed by atoms with E-state index in [1.54, 1.807) is 0 Å². The molecule has 260 valence electrons. The zero-order valence-electron chi connectivity index (χ0n) is 30.8. The number of benzene rings is 9. The number of hydrogen-bond donors (Lipinski definition) is 0. The first kappa shape index (κ1) is 32.0. The average molecular weight is 720 g/mol. The van der Waals surface area contributed by atoms with Crippen LogP contribution in [0.25, 0.3) is 75.1 Å². The van der Waals surface area contributed by atoms with Gasteiger partial charge in [-0.25, -0.2) is 0 Å². The second kappa shape index (κ2) is 12.3. The van der Waals surface area contributed by atoms with Crippen LogP contribution >= 0.6 is 11.3 Å². The summed E-state index contributed by atoms with van der Waals surface area (Å²) in [6.07, 6.45) is 0. The molecule has 1 heterocycles. The molecule has 0 saturated carbocycles. The largest absolute Gasteiger partial charge is 0.310 e. The molecule has 0 unspecified atom stereocenters. The van der Waals surface area contributed by atoms with E-state index in [1.807, 2.05) is 11.3 Å². The first-order valence-electron chi connectivity index (χ1n) is 19.1. The van der Waals surface area contributed by atoms with Crippen LogP contribution in [0.2, 0.25) is 0 Å². The van der Waals surface area contributed by atoms with E-state index in [2.05, 4.69) is 207 Å². The summed E-state index contributed by atoms with van der Waals surface area (Å²) < 4.78 is 2.69. The molecule has 2 heteroatoms. The Morgan fingerprint density at radius 2 is 0.982 bits per heavy atom.